The van der Waals surface area contributed by atoms with Crippen molar-refractivity contribution in [2.75, 3.05) is 38.1 Å². The standard InChI is InChI=1S/C21H23FN4O5/c1-3-24-11-13(21(30)31)19(28)12-8-14(22)16(9-15(12)24)25-4-6-26(7-5-25)17-10-18(27)23(2)20(17)29/h8-9,11,17H,3-7,10H2,1-2H3,(H,30,31)/t17-/m1/s1. The fourth-order valence-corrected chi connectivity index (χ4v) is 4.35. The molecule has 1 atom stereocenters. The fourth-order valence-electron chi connectivity index (χ4n) is 4.35. The molecule has 0 bridgehead atoms. The van der Waals surface area contributed by atoms with E-state index in [0.717, 1.165) is 11.0 Å². The molecule has 0 spiro atoms. The lowest BCUT2D eigenvalue weighted by Gasteiger charge is -2.38. The van der Waals surface area contributed by atoms with Gasteiger partial charge in [-0.05, 0) is 19.1 Å². The fraction of sp³-hybridized carbons (Fsp3) is 0.429. The number of aryl methyl sites for hydroxylation is 1. The second kappa shape index (κ2) is 7.77. The smallest absolute Gasteiger partial charge is 0.341 e. The second-order valence-corrected chi connectivity index (χ2v) is 7.82. The van der Waals surface area contributed by atoms with Gasteiger partial charge in [0.25, 0.3) is 0 Å². The molecule has 2 amide bonds. The highest BCUT2D eigenvalue weighted by Crippen LogP contribution is 2.27. The summed E-state index contributed by atoms with van der Waals surface area (Å²) < 4.78 is 16.6. The number of carbonyl (C=O) groups is 3. The third-order valence-electron chi connectivity index (χ3n) is 6.17. The van der Waals surface area contributed by atoms with Crippen LogP contribution in [0.2, 0.25) is 0 Å². The van der Waals surface area contributed by atoms with E-state index in [1.807, 2.05) is 16.7 Å². The zero-order valence-corrected chi connectivity index (χ0v) is 17.3. The second-order valence-electron chi connectivity index (χ2n) is 7.82. The summed E-state index contributed by atoms with van der Waals surface area (Å²) >= 11 is 0. The molecule has 2 aliphatic heterocycles. The quantitative estimate of drug-likeness (QED) is 0.714. The van der Waals surface area contributed by atoms with Crippen LogP contribution in [0.25, 0.3) is 10.9 Å². The summed E-state index contributed by atoms with van der Waals surface area (Å²) in [6.45, 7) is 4.12. The maximum Gasteiger partial charge on any atom is 0.341 e. The van der Waals surface area contributed by atoms with Crippen LogP contribution in [-0.4, -0.2) is 76.5 Å². The molecule has 2 aliphatic rings. The summed E-state index contributed by atoms with van der Waals surface area (Å²) in [5, 5.41) is 9.30. The lowest BCUT2D eigenvalue weighted by molar-refractivity contribution is -0.138. The molecule has 0 radical (unpaired) electrons. The van der Waals surface area contributed by atoms with Crippen LogP contribution < -0.4 is 10.3 Å². The van der Waals surface area contributed by atoms with Crippen molar-refractivity contribution in [1.82, 2.24) is 14.4 Å². The van der Waals surface area contributed by atoms with Gasteiger partial charge >= 0.3 is 5.97 Å². The Labute approximate surface area is 177 Å². The number of likely N-dealkylation sites (tertiary alicyclic amines) is 1. The molecule has 31 heavy (non-hydrogen) atoms. The highest BCUT2D eigenvalue weighted by molar-refractivity contribution is 6.05. The normalized spacial score (nSPS) is 20.2. The monoisotopic (exact) mass is 430 g/mol. The molecule has 164 valence electrons. The van der Waals surface area contributed by atoms with Crippen molar-refractivity contribution in [2.24, 2.45) is 0 Å². The van der Waals surface area contributed by atoms with E-state index in [-0.39, 0.29) is 23.6 Å². The maximum absolute atomic E-state index is 15.0. The summed E-state index contributed by atoms with van der Waals surface area (Å²) in [4.78, 5) is 52.9. The van der Waals surface area contributed by atoms with Crippen molar-refractivity contribution >= 4 is 34.4 Å². The van der Waals surface area contributed by atoms with E-state index in [4.69, 9.17) is 0 Å². The van der Waals surface area contributed by atoms with Gasteiger partial charge in [0.1, 0.15) is 11.4 Å². The molecule has 9 nitrogen and oxygen atoms in total. The van der Waals surface area contributed by atoms with Gasteiger partial charge in [-0.15, -0.1) is 0 Å². The van der Waals surface area contributed by atoms with Crippen molar-refractivity contribution in [3.8, 4) is 0 Å². The number of carboxylic acid groups (broad SMARTS) is 1. The third kappa shape index (κ3) is 3.46. The van der Waals surface area contributed by atoms with Crippen LogP contribution in [-0.2, 0) is 16.1 Å². The molecule has 10 heteroatoms. The van der Waals surface area contributed by atoms with E-state index in [9.17, 15) is 28.7 Å². The minimum absolute atomic E-state index is 0.0275. The van der Waals surface area contributed by atoms with Gasteiger partial charge in [-0.2, -0.15) is 0 Å². The number of aromatic carboxylic acids is 1. The lowest BCUT2D eigenvalue weighted by Crippen LogP contribution is -2.52. The van der Waals surface area contributed by atoms with Crippen LogP contribution >= 0.6 is 0 Å². The van der Waals surface area contributed by atoms with Crippen molar-refractivity contribution in [2.45, 2.75) is 25.9 Å². The molecule has 1 aromatic heterocycles. The Morgan fingerprint density at radius 1 is 1.16 bits per heavy atom. The first kappa shape index (κ1) is 21.0. The number of halogens is 1. The summed E-state index contributed by atoms with van der Waals surface area (Å²) in [7, 11) is 1.48. The van der Waals surface area contributed by atoms with Crippen LogP contribution in [0.5, 0.6) is 0 Å². The van der Waals surface area contributed by atoms with Crippen molar-refractivity contribution in [1.29, 1.82) is 0 Å². The van der Waals surface area contributed by atoms with Crippen LogP contribution in [0.1, 0.15) is 23.7 Å². The van der Waals surface area contributed by atoms with Gasteiger partial charge in [0, 0.05) is 51.4 Å². The molecule has 1 aromatic carbocycles. The number of amides is 2. The number of pyridine rings is 1. The highest BCUT2D eigenvalue weighted by Gasteiger charge is 2.40. The van der Waals surface area contributed by atoms with E-state index in [2.05, 4.69) is 0 Å². The van der Waals surface area contributed by atoms with Crippen LogP contribution in [0.3, 0.4) is 0 Å². The van der Waals surface area contributed by atoms with E-state index in [1.165, 1.54) is 13.2 Å². The number of carboxylic acids is 1. The minimum Gasteiger partial charge on any atom is -0.477 e. The van der Waals surface area contributed by atoms with E-state index in [1.54, 1.807) is 10.6 Å². The molecule has 2 fully saturated rings. The number of rotatable bonds is 4. The van der Waals surface area contributed by atoms with Gasteiger partial charge in [0.05, 0.1) is 23.7 Å². The number of aromatic nitrogens is 1. The van der Waals surface area contributed by atoms with Crippen LogP contribution in [0.15, 0.2) is 23.1 Å². The number of hydrogen-bond acceptors (Lipinski definition) is 6. The zero-order valence-electron chi connectivity index (χ0n) is 17.3. The molecule has 0 saturated carbocycles. The Hall–Kier alpha value is -3.27. The van der Waals surface area contributed by atoms with Gasteiger partial charge in [0.15, 0.2) is 0 Å². The number of nitrogens with zero attached hydrogens (tertiary/aromatic N) is 4. The molecular weight excluding hydrogens is 407 g/mol. The molecular formula is C21H23FN4O5. The summed E-state index contributed by atoms with van der Waals surface area (Å²) in [5.74, 6) is -2.36. The summed E-state index contributed by atoms with van der Waals surface area (Å²) in [6.07, 6.45) is 1.44. The number of carbonyl (C=O) groups excluding carboxylic acids is 2. The van der Waals surface area contributed by atoms with Crippen molar-refractivity contribution in [3.63, 3.8) is 0 Å². The predicted octanol–water partition coefficient (Wildman–Crippen LogP) is 0.738. The van der Waals surface area contributed by atoms with Crippen molar-refractivity contribution in [3.05, 3.63) is 39.9 Å². The Balaban J connectivity index is 1.62. The number of imide groups is 1. The van der Waals surface area contributed by atoms with Crippen LogP contribution in [0, 0.1) is 5.82 Å². The molecule has 1 N–H and O–H groups in total. The third-order valence-corrected chi connectivity index (χ3v) is 6.17. The molecule has 2 saturated heterocycles. The average molecular weight is 430 g/mol. The van der Waals surface area contributed by atoms with Gasteiger partial charge < -0.3 is 14.6 Å². The lowest BCUT2D eigenvalue weighted by atomic mass is 10.1. The summed E-state index contributed by atoms with van der Waals surface area (Å²) in [6, 6.07) is 2.21. The number of piperazine rings is 1. The van der Waals surface area contributed by atoms with Gasteiger partial charge in [-0.3, -0.25) is 24.2 Å². The number of likely N-dealkylation sites (N-methyl/N-ethyl adjacent to an activating group) is 1. The zero-order chi connectivity index (χ0) is 22.4. The Morgan fingerprint density at radius 2 is 1.84 bits per heavy atom. The topological polar surface area (TPSA) is 103 Å². The van der Waals surface area contributed by atoms with Gasteiger partial charge in [0.2, 0.25) is 17.2 Å². The largest absolute Gasteiger partial charge is 0.477 e. The summed E-state index contributed by atoms with van der Waals surface area (Å²) in [5.41, 5.74) is -0.316. The average Bonchev–Trinajstić information content (AvgIpc) is 3.01. The molecule has 0 unspecified atom stereocenters. The highest BCUT2D eigenvalue weighted by atomic mass is 19.1. The first-order valence-electron chi connectivity index (χ1n) is 10.1. The first-order chi connectivity index (χ1) is 14.7. The predicted molar refractivity (Wildman–Crippen MR) is 111 cm³/mol. The Kier molecular flexibility index (Phi) is 5.26. The minimum atomic E-state index is -1.35. The number of hydrogen-bond donors (Lipinski definition) is 1. The first-order valence-corrected chi connectivity index (χ1v) is 10.1. The molecule has 3 heterocycles. The molecule has 2 aromatic rings. The SMILES string of the molecule is CCn1cc(C(=O)O)c(=O)c2cc(F)c(N3CCN([C@@H]4CC(=O)N(C)C4=O)CC3)cc21. The number of fused-ring (bicyclic) bond motifs is 1. The van der Waals surface area contributed by atoms with E-state index >= 15 is 0 Å². The molecule has 0 aliphatic carbocycles. The maximum atomic E-state index is 15.0. The van der Waals surface area contributed by atoms with Crippen LogP contribution in [0.4, 0.5) is 10.1 Å². The van der Waals surface area contributed by atoms with E-state index in [0.29, 0.717) is 43.9 Å². The number of anilines is 1. The number of benzene rings is 1. The van der Waals surface area contributed by atoms with Gasteiger partial charge in [-0.25, -0.2) is 9.18 Å². The van der Waals surface area contributed by atoms with E-state index < -0.39 is 28.8 Å². The Bertz CT molecular complexity index is 1150. The Morgan fingerprint density at radius 3 is 2.39 bits per heavy atom. The molecule has 4 rings (SSSR count). The van der Waals surface area contributed by atoms with Crippen molar-refractivity contribution < 1.29 is 23.9 Å². The van der Waals surface area contributed by atoms with Gasteiger partial charge in [-0.1, -0.05) is 0 Å².